The number of piperazine rings is 1. The van der Waals surface area contributed by atoms with Crippen molar-refractivity contribution in [1.29, 1.82) is 0 Å². The molecule has 0 radical (unpaired) electrons. The molecule has 0 saturated carbocycles. The van der Waals surface area contributed by atoms with E-state index >= 15 is 0 Å². The summed E-state index contributed by atoms with van der Waals surface area (Å²) in [7, 11) is 0. The Labute approximate surface area is 187 Å². The van der Waals surface area contributed by atoms with E-state index in [-0.39, 0.29) is 35.5 Å². The molecule has 0 aromatic heterocycles. The van der Waals surface area contributed by atoms with E-state index in [1.54, 1.807) is 24.3 Å². The lowest BCUT2D eigenvalue weighted by Crippen LogP contribution is -2.57. The smallest absolute Gasteiger partial charge is 0.237 e. The first-order valence-electron chi connectivity index (χ1n) is 10.9. The fourth-order valence-electron chi connectivity index (χ4n) is 3.72. The first kappa shape index (κ1) is 23.8. The Hall–Kier alpha value is -2.84. The molecule has 6 nitrogen and oxygen atoms in total. The number of rotatable bonds is 8. The summed E-state index contributed by atoms with van der Waals surface area (Å²) in [6.07, 6.45) is 0. The Morgan fingerprint density at radius 1 is 0.719 bits per heavy atom. The molecule has 0 aliphatic carbocycles. The van der Waals surface area contributed by atoms with Gasteiger partial charge in [0, 0.05) is 39.3 Å². The molecule has 8 heteroatoms. The number of carbonyl (C=O) groups is 2. The number of halogens is 2. The molecule has 2 aromatic carbocycles. The van der Waals surface area contributed by atoms with Gasteiger partial charge >= 0.3 is 0 Å². The maximum atomic E-state index is 13.0. The van der Waals surface area contributed by atoms with E-state index in [0.717, 1.165) is 11.1 Å². The lowest BCUT2D eigenvalue weighted by molar-refractivity contribution is -0.130. The molecule has 1 aliphatic heterocycles. The van der Waals surface area contributed by atoms with Gasteiger partial charge in [0.05, 0.1) is 12.1 Å². The molecule has 3 rings (SSSR count). The molecule has 1 aliphatic rings. The zero-order valence-corrected chi connectivity index (χ0v) is 18.5. The molecule has 2 atom stereocenters. The highest BCUT2D eigenvalue weighted by Gasteiger charge is 2.29. The zero-order chi connectivity index (χ0) is 23.1. The Bertz CT molecular complexity index is 822. The number of hydrogen-bond donors (Lipinski definition) is 2. The summed E-state index contributed by atoms with van der Waals surface area (Å²) in [5, 5.41) is 5.80. The van der Waals surface area contributed by atoms with Crippen molar-refractivity contribution < 1.29 is 18.4 Å². The summed E-state index contributed by atoms with van der Waals surface area (Å²) in [5.41, 5.74) is 1.69. The van der Waals surface area contributed by atoms with Crippen LogP contribution in [0, 0.1) is 11.6 Å². The first-order valence-corrected chi connectivity index (χ1v) is 10.9. The van der Waals surface area contributed by atoms with Crippen molar-refractivity contribution in [3.63, 3.8) is 0 Å². The Kier molecular flexibility index (Phi) is 8.30. The lowest BCUT2D eigenvalue weighted by atomic mass is 10.1. The monoisotopic (exact) mass is 444 g/mol. The van der Waals surface area contributed by atoms with Crippen LogP contribution < -0.4 is 10.6 Å². The predicted octanol–water partition coefficient (Wildman–Crippen LogP) is 2.29. The van der Waals surface area contributed by atoms with Crippen LogP contribution in [0.2, 0.25) is 0 Å². The molecule has 32 heavy (non-hydrogen) atoms. The van der Waals surface area contributed by atoms with Crippen LogP contribution in [0.25, 0.3) is 0 Å². The van der Waals surface area contributed by atoms with Gasteiger partial charge in [-0.1, -0.05) is 24.3 Å². The van der Waals surface area contributed by atoms with Gasteiger partial charge in [0.2, 0.25) is 11.8 Å². The largest absolute Gasteiger partial charge is 0.351 e. The van der Waals surface area contributed by atoms with Gasteiger partial charge < -0.3 is 10.6 Å². The summed E-state index contributed by atoms with van der Waals surface area (Å²) in [5.74, 6) is -0.755. The summed E-state index contributed by atoms with van der Waals surface area (Å²) in [6, 6.07) is 11.5. The molecule has 1 saturated heterocycles. The van der Waals surface area contributed by atoms with Gasteiger partial charge in [-0.3, -0.25) is 19.4 Å². The molecule has 0 spiro atoms. The van der Waals surface area contributed by atoms with Gasteiger partial charge in [-0.05, 0) is 49.2 Å². The first-order chi connectivity index (χ1) is 15.3. The molecular weight excluding hydrogens is 414 g/mol. The third kappa shape index (κ3) is 6.58. The maximum Gasteiger partial charge on any atom is 0.237 e. The fraction of sp³-hybridized carbons (Fsp3) is 0.417. The van der Waals surface area contributed by atoms with E-state index in [0.29, 0.717) is 39.3 Å². The summed E-state index contributed by atoms with van der Waals surface area (Å²) in [4.78, 5) is 29.2. The van der Waals surface area contributed by atoms with Crippen LogP contribution in [0.1, 0.15) is 25.0 Å². The Morgan fingerprint density at radius 3 is 1.34 bits per heavy atom. The molecule has 1 heterocycles. The van der Waals surface area contributed by atoms with Gasteiger partial charge in [0.15, 0.2) is 0 Å². The van der Waals surface area contributed by atoms with Crippen LogP contribution in [0.4, 0.5) is 8.78 Å². The second-order valence-electron chi connectivity index (χ2n) is 8.11. The highest BCUT2D eigenvalue weighted by atomic mass is 19.1. The quantitative estimate of drug-likeness (QED) is 0.656. The molecule has 2 aromatic rings. The third-order valence-corrected chi connectivity index (χ3v) is 5.96. The molecule has 0 bridgehead atoms. The van der Waals surface area contributed by atoms with Crippen LogP contribution in [0.5, 0.6) is 0 Å². The van der Waals surface area contributed by atoms with Gasteiger partial charge in [-0.2, -0.15) is 0 Å². The summed E-state index contributed by atoms with van der Waals surface area (Å²) < 4.78 is 26.0. The van der Waals surface area contributed by atoms with Gasteiger partial charge in [-0.15, -0.1) is 0 Å². The SMILES string of the molecule is C[C@H](C(=O)NCc1ccc(F)cc1)N1CCN([C@H](C)C(=O)NCc2ccc(F)cc2)CC1. The Balaban J connectivity index is 1.40. The van der Waals surface area contributed by atoms with E-state index in [1.165, 1.54) is 24.3 Å². The van der Waals surface area contributed by atoms with Crippen molar-refractivity contribution in [1.82, 2.24) is 20.4 Å². The number of benzene rings is 2. The van der Waals surface area contributed by atoms with Crippen molar-refractivity contribution in [2.24, 2.45) is 0 Å². The minimum absolute atomic E-state index is 0.0761. The standard InChI is InChI=1S/C24H30F2N4O2/c1-17(23(31)27-15-19-3-7-21(25)8-4-19)29-11-13-30(14-12-29)18(2)24(32)28-16-20-5-9-22(26)10-6-20/h3-10,17-18H,11-16H2,1-2H3,(H,27,31)(H,28,32)/t17-,18-/m1/s1. The van der Waals surface area contributed by atoms with Crippen molar-refractivity contribution in [3.8, 4) is 0 Å². The van der Waals surface area contributed by atoms with Crippen LogP contribution >= 0.6 is 0 Å². The lowest BCUT2D eigenvalue weighted by Gasteiger charge is -2.39. The third-order valence-electron chi connectivity index (χ3n) is 5.96. The second-order valence-corrected chi connectivity index (χ2v) is 8.11. The van der Waals surface area contributed by atoms with E-state index in [1.807, 2.05) is 13.8 Å². The molecule has 0 unspecified atom stereocenters. The highest BCUT2D eigenvalue weighted by Crippen LogP contribution is 2.11. The minimum Gasteiger partial charge on any atom is -0.351 e. The van der Waals surface area contributed by atoms with E-state index in [9.17, 15) is 18.4 Å². The van der Waals surface area contributed by atoms with Crippen LogP contribution in [-0.4, -0.2) is 59.9 Å². The van der Waals surface area contributed by atoms with Gasteiger partial charge in [-0.25, -0.2) is 8.78 Å². The van der Waals surface area contributed by atoms with Gasteiger partial charge in [0.25, 0.3) is 0 Å². The number of nitrogens with zero attached hydrogens (tertiary/aromatic N) is 2. The van der Waals surface area contributed by atoms with Crippen LogP contribution in [0.3, 0.4) is 0 Å². The van der Waals surface area contributed by atoms with E-state index < -0.39 is 0 Å². The average molecular weight is 445 g/mol. The minimum atomic E-state index is -0.301. The van der Waals surface area contributed by atoms with E-state index in [4.69, 9.17) is 0 Å². The van der Waals surface area contributed by atoms with Gasteiger partial charge in [0.1, 0.15) is 11.6 Å². The number of hydrogen-bond acceptors (Lipinski definition) is 4. The number of nitrogens with one attached hydrogen (secondary N) is 2. The highest BCUT2D eigenvalue weighted by molar-refractivity contribution is 5.82. The summed E-state index contributed by atoms with van der Waals surface area (Å²) >= 11 is 0. The normalized spacial score (nSPS) is 16.9. The molecule has 2 N–H and O–H groups in total. The summed E-state index contributed by atoms with van der Waals surface area (Å²) in [6.45, 7) is 7.18. The number of carbonyl (C=O) groups excluding carboxylic acids is 2. The fourth-order valence-corrected chi connectivity index (χ4v) is 3.72. The van der Waals surface area contributed by atoms with Crippen LogP contribution in [0.15, 0.2) is 48.5 Å². The molecule has 2 amide bonds. The second kappa shape index (κ2) is 11.2. The molecular formula is C24H30F2N4O2. The van der Waals surface area contributed by atoms with Crippen molar-refractivity contribution in [2.75, 3.05) is 26.2 Å². The van der Waals surface area contributed by atoms with Crippen LogP contribution in [-0.2, 0) is 22.7 Å². The molecule has 172 valence electrons. The van der Waals surface area contributed by atoms with Crippen molar-refractivity contribution in [2.45, 2.75) is 39.0 Å². The number of amides is 2. The maximum absolute atomic E-state index is 13.0. The Morgan fingerprint density at radius 2 is 1.03 bits per heavy atom. The average Bonchev–Trinajstić information content (AvgIpc) is 2.82. The predicted molar refractivity (Wildman–Crippen MR) is 119 cm³/mol. The topological polar surface area (TPSA) is 64.7 Å². The van der Waals surface area contributed by atoms with E-state index in [2.05, 4.69) is 20.4 Å². The molecule has 1 fully saturated rings. The van der Waals surface area contributed by atoms with Crippen molar-refractivity contribution >= 4 is 11.8 Å². The van der Waals surface area contributed by atoms with Crippen molar-refractivity contribution in [3.05, 3.63) is 71.3 Å². The zero-order valence-electron chi connectivity index (χ0n) is 18.5.